The fourth-order valence-corrected chi connectivity index (χ4v) is 6.75. The van der Waals surface area contributed by atoms with Crippen LogP contribution in [0.5, 0.6) is 0 Å². The molecule has 10 heteroatoms. The van der Waals surface area contributed by atoms with Crippen molar-refractivity contribution < 1.29 is 19.1 Å². The predicted octanol–water partition coefficient (Wildman–Crippen LogP) is 2.86. The second-order valence-electron chi connectivity index (χ2n) is 10.4. The van der Waals surface area contributed by atoms with Crippen molar-refractivity contribution in [2.75, 3.05) is 50.8 Å². The van der Waals surface area contributed by atoms with E-state index < -0.39 is 5.54 Å². The van der Waals surface area contributed by atoms with Gasteiger partial charge in [0.15, 0.2) is 5.13 Å². The summed E-state index contributed by atoms with van der Waals surface area (Å²) in [6.07, 6.45) is 6.87. The van der Waals surface area contributed by atoms with Gasteiger partial charge in [-0.1, -0.05) is 31.4 Å². The third-order valence-corrected chi connectivity index (χ3v) is 8.97. The van der Waals surface area contributed by atoms with E-state index >= 15 is 0 Å². The molecule has 1 aliphatic carbocycles. The molecule has 3 fully saturated rings. The molecule has 2 saturated heterocycles. The van der Waals surface area contributed by atoms with Crippen molar-refractivity contribution in [1.29, 1.82) is 0 Å². The number of hydrogen-bond donors (Lipinski definition) is 2. The molecular formula is C28H37N5O4S. The number of carbonyl (C=O) groups is 3. The number of ether oxygens (including phenoxy) is 1. The summed E-state index contributed by atoms with van der Waals surface area (Å²) in [6.45, 7) is 5.73. The van der Waals surface area contributed by atoms with Crippen LogP contribution in [-0.2, 0) is 14.3 Å². The van der Waals surface area contributed by atoms with Crippen LogP contribution in [0.2, 0.25) is 0 Å². The number of benzene rings is 1. The predicted molar refractivity (Wildman–Crippen MR) is 148 cm³/mol. The molecule has 2 amide bonds. The zero-order chi connectivity index (χ0) is 26.4. The molecule has 3 aliphatic rings. The number of thiazole rings is 1. The van der Waals surface area contributed by atoms with Crippen molar-refractivity contribution in [3.8, 4) is 11.3 Å². The van der Waals surface area contributed by atoms with E-state index in [2.05, 4.69) is 25.8 Å². The highest BCUT2D eigenvalue weighted by atomic mass is 32.1. The summed E-state index contributed by atoms with van der Waals surface area (Å²) >= 11 is 1.66. The first-order chi connectivity index (χ1) is 18.6. The summed E-state index contributed by atoms with van der Waals surface area (Å²) in [6, 6.07) is 8.04. The van der Waals surface area contributed by atoms with Gasteiger partial charge in [0.1, 0.15) is 11.8 Å². The molecular weight excluding hydrogens is 502 g/mol. The van der Waals surface area contributed by atoms with Gasteiger partial charge in [0.2, 0.25) is 5.91 Å². The Kier molecular flexibility index (Phi) is 8.71. The molecule has 0 radical (unpaired) electrons. The molecule has 0 bridgehead atoms. The molecule has 1 aromatic carbocycles. The first-order valence-electron chi connectivity index (χ1n) is 13.8. The summed E-state index contributed by atoms with van der Waals surface area (Å²) in [4.78, 5) is 46.5. The average molecular weight is 540 g/mol. The minimum Gasteiger partial charge on any atom is -0.379 e. The Labute approximate surface area is 227 Å². The van der Waals surface area contributed by atoms with Crippen molar-refractivity contribution in [3.05, 3.63) is 35.2 Å². The zero-order valence-corrected chi connectivity index (χ0v) is 22.6. The van der Waals surface area contributed by atoms with Crippen LogP contribution in [0.15, 0.2) is 29.6 Å². The number of anilines is 1. The molecule has 0 unspecified atom stereocenters. The third kappa shape index (κ3) is 6.08. The van der Waals surface area contributed by atoms with Gasteiger partial charge in [0.25, 0.3) is 5.91 Å². The van der Waals surface area contributed by atoms with Crippen LogP contribution in [-0.4, -0.2) is 85.5 Å². The van der Waals surface area contributed by atoms with Gasteiger partial charge in [-0.3, -0.25) is 14.5 Å². The summed E-state index contributed by atoms with van der Waals surface area (Å²) in [5.41, 5.74) is 1.41. The van der Waals surface area contributed by atoms with Crippen molar-refractivity contribution in [1.82, 2.24) is 20.5 Å². The van der Waals surface area contributed by atoms with E-state index in [1.54, 1.807) is 23.5 Å². The smallest absolute Gasteiger partial charge is 0.252 e. The lowest BCUT2D eigenvalue weighted by Crippen LogP contribution is -2.59. The Morgan fingerprint density at radius 3 is 2.45 bits per heavy atom. The molecule has 38 heavy (non-hydrogen) atoms. The van der Waals surface area contributed by atoms with E-state index in [4.69, 9.17) is 9.72 Å². The van der Waals surface area contributed by atoms with Crippen molar-refractivity contribution in [2.24, 2.45) is 0 Å². The van der Waals surface area contributed by atoms with Crippen molar-refractivity contribution in [3.63, 3.8) is 0 Å². The Bertz CT molecular complexity index is 1100. The third-order valence-electron chi connectivity index (χ3n) is 8.07. The van der Waals surface area contributed by atoms with Gasteiger partial charge in [-0.25, -0.2) is 4.98 Å². The second-order valence-corrected chi connectivity index (χ2v) is 11.3. The minimum atomic E-state index is -0.962. The van der Waals surface area contributed by atoms with Crippen LogP contribution in [0.25, 0.3) is 11.3 Å². The summed E-state index contributed by atoms with van der Waals surface area (Å²) < 4.78 is 5.50. The summed E-state index contributed by atoms with van der Waals surface area (Å²) in [5.74, 6) is -0.555. The van der Waals surface area contributed by atoms with Gasteiger partial charge < -0.3 is 25.1 Å². The van der Waals surface area contributed by atoms with Gasteiger partial charge in [0, 0.05) is 48.7 Å². The van der Waals surface area contributed by atoms with Crippen molar-refractivity contribution in [2.45, 2.75) is 56.5 Å². The first kappa shape index (κ1) is 26.8. The normalized spacial score (nSPS) is 20.6. The Hall–Kier alpha value is -2.82. The number of hydrogen-bond acceptors (Lipinski definition) is 8. The second kappa shape index (κ2) is 12.4. The van der Waals surface area contributed by atoms with Crippen LogP contribution in [0.1, 0.15) is 55.3 Å². The molecule has 204 valence electrons. The highest BCUT2D eigenvalue weighted by Crippen LogP contribution is 2.31. The average Bonchev–Trinajstić information content (AvgIpc) is 3.47. The number of morpholine rings is 1. The fourth-order valence-electron chi connectivity index (χ4n) is 5.86. The van der Waals surface area contributed by atoms with Crippen LogP contribution in [0.4, 0.5) is 5.13 Å². The molecule has 9 nitrogen and oxygen atoms in total. The van der Waals surface area contributed by atoms with Crippen LogP contribution < -0.4 is 15.5 Å². The summed E-state index contributed by atoms with van der Waals surface area (Å²) in [5, 5.41) is 8.75. The lowest BCUT2D eigenvalue weighted by molar-refractivity contribution is -0.129. The minimum absolute atomic E-state index is 0.0489. The first-order valence-corrected chi connectivity index (χ1v) is 14.6. The number of nitrogens with zero attached hydrogens (tertiary/aromatic N) is 3. The maximum absolute atomic E-state index is 13.1. The van der Waals surface area contributed by atoms with E-state index in [1.807, 2.05) is 12.1 Å². The van der Waals surface area contributed by atoms with Gasteiger partial charge >= 0.3 is 0 Å². The lowest BCUT2D eigenvalue weighted by atomic mass is 9.80. The van der Waals surface area contributed by atoms with E-state index in [9.17, 15) is 14.4 Å². The Morgan fingerprint density at radius 2 is 1.76 bits per heavy atom. The number of carbonyl (C=O) groups excluding carboxylic acids is 3. The highest BCUT2D eigenvalue weighted by Gasteiger charge is 2.40. The number of rotatable bonds is 8. The van der Waals surface area contributed by atoms with Crippen LogP contribution in [0.3, 0.4) is 0 Å². The standard InChI is InChI=1S/C28H37N5O4S/c34-17-12-29-26(36)28(10-2-1-3-11-28)31-25(35)22-6-4-21(5-7-22)24-20-38-27(30-24)33-13-8-23(9-14-33)32-15-18-37-19-16-32/h4-7,17,20,23H,1-3,8-16,18-19H2,(H,29,36)(H,31,35). The zero-order valence-electron chi connectivity index (χ0n) is 21.8. The molecule has 2 aliphatic heterocycles. The number of aromatic nitrogens is 1. The molecule has 1 saturated carbocycles. The van der Waals surface area contributed by atoms with Gasteiger partial charge in [0.05, 0.1) is 25.5 Å². The van der Waals surface area contributed by atoms with Gasteiger partial charge in [-0.15, -0.1) is 11.3 Å². The Balaban J connectivity index is 1.19. The van der Waals surface area contributed by atoms with Crippen LogP contribution in [0, 0.1) is 0 Å². The lowest BCUT2D eigenvalue weighted by Gasteiger charge is -2.40. The molecule has 2 aromatic rings. The largest absolute Gasteiger partial charge is 0.379 e. The fraction of sp³-hybridized carbons (Fsp3) is 0.571. The van der Waals surface area contributed by atoms with E-state index in [0.29, 0.717) is 30.7 Å². The van der Waals surface area contributed by atoms with E-state index in [0.717, 1.165) is 87.9 Å². The molecule has 2 N–H and O–H groups in total. The number of piperidine rings is 1. The van der Waals surface area contributed by atoms with Crippen molar-refractivity contribution >= 4 is 34.6 Å². The molecule has 1 aromatic heterocycles. The topological polar surface area (TPSA) is 104 Å². The SMILES string of the molecule is O=CCNC(=O)C1(NC(=O)c2ccc(-c3csc(N4CCC(N5CCOCC5)CC4)n3)cc2)CCCCC1. The number of amides is 2. The maximum atomic E-state index is 13.1. The molecule has 0 spiro atoms. The number of nitrogens with one attached hydrogen (secondary N) is 2. The highest BCUT2D eigenvalue weighted by molar-refractivity contribution is 7.14. The molecule has 5 rings (SSSR count). The summed E-state index contributed by atoms with van der Waals surface area (Å²) in [7, 11) is 0. The van der Waals surface area contributed by atoms with E-state index in [-0.39, 0.29) is 18.4 Å². The number of aldehydes is 1. The van der Waals surface area contributed by atoms with Gasteiger partial charge in [-0.05, 0) is 37.8 Å². The van der Waals surface area contributed by atoms with E-state index in [1.165, 1.54) is 0 Å². The molecule has 0 atom stereocenters. The Morgan fingerprint density at radius 1 is 1.05 bits per heavy atom. The van der Waals surface area contributed by atoms with Gasteiger partial charge in [-0.2, -0.15) is 0 Å². The monoisotopic (exact) mass is 539 g/mol. The van der Waals surface area contributed by atoms with Crippen LogP contribution >= 0.6 is 11.3 Å². The quantitative estimate of drug-likeness (QED) is 0.497. The molecule has 3 heterocycles. The maximum Gasteiger partial charge on any atom is 0.252 e.